The number of amides is 1. The van der Waals surface area contributed by atoms with Crippen molar-refractivity contribution in [3.8, 4) is 0 Å². The number of aromatic nitrogens is 1. The first-order chi connectivity index (χ1) is 13.7. The van der Waals surface area contributed by atoms with E-state index in [1.54, 1.807) is 17.0 Å². The molecule has 10 heteroatoms. The summed E-state index contributed by atoms with van der Waals surface area (Å²) in [5.41, 5.74) is 1.06. The summed E-state index contributed by atoms with van der Waals surface area (Å²) < 4.78 is 47.9. The normalized spacial score (nSPS) is 24.9. The molecule has 1 amide bonds. The summed E-state index contributed by atoms with van der Waals surface area (Å²) in [6, 6.07) is 5.93. The highest BCUT2D eigenvalue weighted by Gasteiger charge is 2.37. The summed E-state index contributed by atoms with van der Waals surface area (Å²) in [6.07, 6.45) is -0.300. The molecule has 8 nitrogen and oxygen atoms in total. The number of hydrogen-bond acceptors (Lipinski definition) is 4. The van der Waals surface area contributed by atoms with Crippen molar-refractivity contribution in [1.29, 1.82) is 0 Å². The maximum Gasteiger partial charge on any atom is 0.282 e. The molecule has 1 N–H and O–H groups in total. The first-order valence-electron chi connectivity index (χ1n) is 9.72. The van der Waals surface area contributed by atoms with Crippen molar-refractivity contribution in [2.24, 2.45) is 0 Å². The number of carbonyl (C=O) groups excluding carboxylic acids is 1. The Morgan fingerprint density at radius 2 is 1.72 bits per heavy atom. The van der Waals surface area contributed by atoms with Crippen LogP contribution in [0, 0.1) is 5.82 Å². The van der Waals surface area contributed by atoms with Crippen LogP contribution in [0.4, 0.5) is 4.39 Å². The molecule has 2 saturated heterocycles. The summed E-state index contributed by atoms with van der Waals surface area (Å²) in [7, 11) is -3.59. The second-order valence-corrected chi connectivity index (χ2v) is 9.62. The highest BCUT2D eigenvalue weighted by Crippen LogP contribution is 2.21. The topological polar surface area (TPSA) is 86.0 Å². The van der Waals surface area contributed by atoms with Gasteiger partial charge in [-0.2, -0.15) is 17.0 Å². The van der Waals surface area contributed by atoms with E-state index in [1.807, 2.05) is 13.8 Å². The Hall–Kier alpha value is -2.01. The summed E-state index contributed by atoms with van der Waals surface area (Å²) in [5, 5.41) is 0.630. The number of halogens is 1. The fourth-order valence-corrected chi connectivity index (χ4v) is 5.74. The molecule has 2 aliphatic heterocycles. The SMILES string of the molecule is C[C@@H]1CN(S(=O)(=O)N2CCN(C(=O)c3cc4cc(F)ccc4[nH]3)CC2)C[C@@H](C)O1. The van der Waals surface area contributed by atoms with Crippen molar-refractivity contribution in [1.82, 2.24) is 18.5 Å². The van der Waals surface area contributed by atoms with Gasteiger partial charge in [0.05, 0.1) is 12.2 Å². The van der Waals surface area contributed by atoms with E-state index < -0.39 is 10.2 Å². The summed E-state index contributed by atoms with van der Waals surface area (Å²) in [5.74, 6) is -0.576. The Labute approximate surface area is 169 Å². The Kier molecular flexibility index (Phi) is 5.36. The quantitative estimate of drug-likeness (QED) is 0.808. The second-order valence-electron chi connectivity index (χ2n) is 7.69. The van der Waals surface area contributed by atoms with Crippen molar-refractivity contribution < 1.29 is 22.3 Å². The molecule has 1 aromatic carbocycles. The van der Waals surface area contributed by atoms with Crippen LogP contribution >= 0.6 is 0 Å². The van der Waals surface area contributed by atoms with Crippen LogP contribution in [0.2, 0.25) is 0 Å². The van der Waals surface area contributed by atoms with Gasteiger partial charge in [-0.15, -0.1) is 0 Å². The molecule has 29 heavy (non-hydrogen) atoms. The Bertz CT molecular complexity index is 1010. The van der Waals surface area contributed by atoms with Gasteiger partial charge in [0.2, 0.25) is 0 Å². The van der Waals surface area contributed by atoms with Gasteiger partial charge in [0.1, 0.15) is 11.5 Å². The average molecular weight is 424 g/mol. The lowest BCUT2D eigenvalue weighted by molar-refractivity contribution is -0.0457. The maximum atomic E-state index is 13.4. The molecule has 0 unspecified atom stereocenters. The molecular weight excluding hydrogens is 399 g/mol. The van der Waals surface area contributed by atoms with Crippen molar-refractivity contribution in [3.63, 3.8) is 0 Å². The van der Waals surface area contributed by atoms with Gasteiger partial charge in [0, 0.05) is 50.2 Å². The zero-order valence-corrected chi connectivity index (χ0v) is 17.3. The first kappa shape index (κ1) is 20.3. The molecule has 2 aromatic rings. The molecule has 0 bridgehead atoms. The summed E-state index contributed by atoms with van der Waals surface area (Å²) in [6.45, 7) is 5.47. The van der Waals surface area contributed by atoms with Gasteiger partial charge in [-0.3, -0.25) is 4.79 Å². The average Bonchev–Trinajstić information content (AvgIpc) is 3.10. The number of ether oxygens (including phenoxy) is 1. The third-order valence-electron chi connectivity index (χ3n) is 5.38. The molecule has 158 valence electrons. The molecule has 0 saturated carbocycles. The van der Waals surface area contributed by atoms with E-state index in [0.717, 1.165) is 0 Å². The van der Waals surface area contributed by atoms with Gasteiger partial charge in [-0.25, -0.2) is 4.39 Å². The number of benzene rings is 1. The van der Waals surface area contributed by atoms with Crippen LogP contribution < -0.4 is 0 Å². The van der Waals surface area contributed by atoms with Crippen LogP contribution in [-0.2, 0) is 14.9 Å². The lowest BCUT2D eigenvalue weighted by Crippen LogP contribution is -2.57. The van der Waals surface area contributed by atoms with Crippen molar-refractivity contribution in [2.75, 3.05) is 39.3 Å². The number of nitrogens with zero attached hydrogens (tertiary/aromatic N) is 3. The van der Waals surface area contributed by atoms with E-state index in [0.29, 0.717) is 42.8 Å². The molecule has 1 aromatic heterocycles. The van der Waals surface area contributed by atoms with Crippen molar-refractivity contribution >= 4 is 27.0 Å². The van der Waals surface area contributed by atoms with E-state index in [4.69, 9.17) is 4.74 Å². The van der Waals surface area contributed by atoms with E-state index in [-0.39, 0.29) is 37.0 Å². The zero-order chi connectivity index (χ0) is 20.8. The molecule has 0 radical (unpaired) electrons. The Morgan fingerprint density at radius 3 is 2.38 bits per heavy atom. The van der Waals surface area contributed by atoms with Crippen LogP contribution in [-0.4, -0.2) is 84.3 Å². The standard InChI is InChI=1S/C19H25FN4O4S/c1-13-11-24(12-14(2)28-13)29(26,27)23-7-5-22(6-8-23)19(25)18-10-15-9-16(20)3-4-17(15)21-18/h3-4,9-10,13-14,21H,5-8,11-12H2,1-2H3/t13-,14-/m1/s1. The Morgan fingerprint density at radius 1 is 1.07 bits per heavy atom. The van der Waals surface area contributed by atoms with Crippen molar-refractivity contribution in [2.45, 2.75) is 26.1 Å². The maximum absolute atomic E-state index is 13.4. The summed E-state index contributed by atoms with van der Waals surface area (Å²) in [4.78, 5) is 17.4. The third kappa shape index (κ3) is 4.02. The van der Waals surface area contributed by atoms with Gasteiger partial charge in [-0.1, -0.05) is 0 Å². The van der Waals surface area contributed by atoms with E-state index in [1.165, 1.54) is 20.7 Å². The summed E-state index contributed by atoms with van der Waals surface area (Å²) >= 11 is 0. The van der Waals surface area contributed by atoms with Gasteiger partial charge in [0.25, 0.3) is 16.1 Å². The number of nitrogens with one attached hydrogen (secondary N) is 1. The molecule has 0 spiro atoms. The number of H-pyrrole nitrogens is 1. The monoisotopic (exact) mass is 424 g/mol. The first-order valence-corrected chi connectivity index (χ1v) is 11.1. The van der Waals surface area contributed by atoms with Crippen LogP contribution in [0.15, 0.2) is 24.3 Å². The van der Waals surface area contributed by atoms with Gasteiger partial charge >= 0.3 is 0 Å². The van der Waals surface area contributed by atoms with Gasteiger partial charge < -0.3 is 14.6 Å². The zero-order valence-electron chi connectivity index (χ0n) is 16.5. The van der Waals surface area contributed by atoms with Crippen molar-refractivity contribution in [3.05, 3.63) is 35.8 Å². The molecule has 0 aliphatic carbocycles. The van der Waals surface area contributed by atoms with Gasteiger partial charge in [0.15, 0.2) is 0 Å². The van der Waals surface area contributed by atoms with E-state index >= 15 is 0 Å². The minimum atomic E-state index is -3.59. The largest absolute Gasteiger partial charge is 0.373 e. The molecular formula is C19H25FN4O4S. The molecule has 2 atom stereocenters. The smallest absolute Gasteiger partial charge is 0.282 e. The number of rotatable bonds is 3. The third-order valence-corrected chi connectivity index (χ3v) is 7.35. The number of morpholine rings is 1. The molecule has 2 fully saturated rings. The minimum Gasteiger partial charge on any atom is -0.373 e. The number of aromatic amines is 1. The minimum absolute atomic E-state index is 0.150. The van der Waals surface area contributed by atoms with Crippen LogP contribution in [0.25, 0.3) is 10.9 Å². The Balaban J connectivity index is 1.42. The highest BCUT2D eigenvalue weighted by molar-refractivity contribution is 7.86. The molecule has 3 heterocycles. The molecule has 4 rings (SSSR count). The fraction of sp³-hybridized carbons (Fsp3) is 0.526. The van der Waals surface area contributed by atoms with E-state index in [2.05, 4.69) is 4.98 Å². The number of carbonyl (C=O) groups is 1. The van der Waals surface area contributed by atoms with Crippen LogP contribution in [0.3, 0.4) is 0 Å². The van der Waals surface area contributed by atoms with Crippen LogP contribution in [0.1, 0.15) is 24.3 Å². The highest BCUT2D eigenvalue weighted by atomic mass is 32.2. The van der Waals surface area contributed by atoms with Gasteiger partial charge in [-0.05, 0) is 38.1 Å². The predicted molar refractivity (Wildman–Crippen MR) is 106 cm³/mol. The number of fused-ring (bicyclic) bond motifs is 1. The predicted octanol–water partition coefficient (Wildman–Crippen LogP) is 1.42. The molecule has 2 aliphatic rings. The van der Waals surface area contributed by atoms with E-state index in [9.17, 15) is 17.6 Å². The second kappa shape index (κ2) is 7.67. The van der Waals surface area contributed by atoms with Crippen LogP contribution in [0.5, 0.6) is 0 Å². The lowest BCUT2D eigenvalue weighted by atomic mass is 10.2. The number of piperazine rings is 1. The number of hydrogen-bond donors (Lipinski definition) is 1. The lowest BCUT2D eigenvalue weighted by Gasteiger charge is -2.40. The fourth-order valence-electron chi connectivity index (χ4n) is 3.99.